The zero-order chi connectivity index (χ0) is 13.3. The van der Waals surface area contributed by atoms with E-state index in [0.717, 1.165) is 26.1 Å². The summed E-state index contributed by atoms with van der Waals surface area (Å²) < 4.78 is 5.06. The molecule has 19 heavy (non-hydrogen) atoms. The molecule has 0 amide bonds. The van der Waals surface area contributed by atoms with E-state index in [1.165, 1.54) is 10.4 Å². The quantitative estimate of drug-likeness (QED) is 0.753. The van der Waals surface area contributed by atoms with Gasteiger partial charge in [0.1, 0.15) is 0 Å². The van der Waals surface area contributed by atoms with Crippen LogP contribution in [-0.2, 0) is 11.2 Å². The summed E-state index contributed by atoms with van der Waals surface area (Å²) in [6, 6.07) is 10.7. The van der Waals surface area contributed by atoms with E-state index in [4.69, 9.17) is 4.74 Å². The van der Waals surface area contributed by atoms with Gasteiger partial charge in [0.25, 0.3) is 0 Å². The van der Waals surface area contributed by atoms with Crippen LogP contribution in [0, 0.1) is 0 Å². The molecule has 0 fully saturated rings. The molecule has 1 heterocycles. The summed E-state index contributed by atoms with van der Waals surface area (Å²) in [6.45, 7) is 2.61. The lowest BCUT2D eigenvalue weighted by molar-refractivity contribution is 0.199. The fourth-order valence-electron chi connectivity index (χ4n) is 2.07. The van der Waals surface area contributed by atoms with Gasteiger partial charge < -0.3 is 10.1 Å². The van der Waals surface area contributed by atoms with Crippen LogP contribution in [0.2, 0.25) is 0 Å². The fraction of sp³-hybridized carbons (Fsp3) is 0.400. The van der Waals surface area contributed by atoms with E-state index in [0.29, 0.717) is 5.92 Å². The number of methoxy groups -OCH3 is 1. The van der Waals surface area contributed by atoms with Crippen molar-refractivity contribution in [2.45, 2.75) is 12.3 Å². The molecule has 4 heteroatoms. The molecule has 3 nitrogen and oxygen atoms in total. The molecule has 0 saturated carbocycles. The third kappa shape index (κ3) is 4.74. The maximum Gasteiger partial charge on any atom is 0.0794 e. The number of ether oxygens (including phenoxy) is 1. The Hall–Kier alpha value is -1.23. The first-order valence-corrected chi connectivity index (χ1v) is 7.40. The van der Waals surface area contributed by atoms with Crippen LogP contribution in [0.3, 0.4) is 0 Å². The van der Waals surface area contributed by atoms with Gasteiger partial charge in [0.15, 0.2) is 0 Å². The third-order valence-electron chi connectivity index (χ3n) is 3.08. The largest absolute Gasteiger partial charge is 0.383 e. The van der Waals surface area contributed by atoms with Gasteiger partial charge >= 0.3 is 0 Å². The SMILES string of the molecule is COCCNCC(Cc1cncs1)c1ccccc1. The highest BCUT2D eigenvalue weighted by Gasteiger charge is 2.12. The van der Waals surface area contributed by atoms with Crippen LogP contribution < -0.4 is 5.32 Å². The van der Waals surface area contributed by atoms with Gasteiger partial charge in [-0.05, 0) is 12.0 Å². The number of thiazole rings is 1. The number of nitrogens with zero attached hydrogens (tertiary/aromatic N) is 1. The predicted octanol–water partition coefficient (Wildman–Crippen LogP) is 2.71. The van der Waals surface area contributed by atoms with Gasteiger partial charge in [0.2, 0.25) is 0 Å². The van der Waals surface area contributed by atoms with Gasteiger partial charge in [-0.25, -0.2) is 0 Å². The van der Waals surface area contributed by atoms with Gasteiger partial charge in [-0.3, -0.25) is 4.98 Å². The average molecular weight is 276 g/mol. The molecule has 1 aromatic heterocycles. The molecule has 1 atom stereocenters. The van der Waals surface area contributed by atoms with Gasteiger partial charge in [-0.2, -0.15) is 0 Å². The molecule has 2 aromatic rings. The standard InChI is InChI=1S/C15H20N2OS/c1-18-8-7-16-10-14(9-15-11-17-12-19-15)13-5-3-2-4-6-13/h2-6,11-12,14,16H,7-10H2,1H3. The van der Waals surface area contributed by atoms with Crippen LogP contribution in [0.5, 0.6) is 0 Å². The summed E-state index contributed by atoms with van der Waals surface area (Å²) in [5.74, 6) is 0.485. The first-order valence-electron chi connectivity index (χ1n) is 6.52. The fourth-order valence-corrected chi connectivity index (χ4v) is 2.75. The van der Waals surface area contributed by atoms with E-state index in [2.05, 4.69) is 40.6 Å². The molecule has 2 rings (SSSR count). The number of hydrogen-bond acceptors (Lipinski definition) is 4. The zero-order valence-corrected chi connectivity index (χ0v) is 12.0. The van der Waals surface area contributed by atoms with Crippen molar-refractivity contribution < 1.29 is 4.74 Å². The minimum absolute atomic E-state index is 0.485. The van der Waals surface area contributed by atoms with Crippen LogP contribution in [0.15, 0.2) is 42.0 Å². The average Bonchev–Trinajstić information content (AvgIpc) is 2.96. The molecular weight excluding hydrogens is 256 g/mol. The lowest BCUT2D eigenvalue weighted by atomic mass is 9.95. The van der Waals surface area contributed by atoms with Crippen LogP contribution in [0.1, 0.15) is 16.4 Å². The summed E-state index contributed by atoms with van der Waals surface area (Å²) in [4.78, 5) is 5.49. The molecule has 0 aliphatic heterocycles. The van der Waals surface area contributed by atoms with Crippen LogP contribution in [-0.4, -0.2) is 31.8 Å². The zero-order valence-electron chi connectivity index (χ0n) is 11.2. The van der Waals surface area contributed by atoms with E-state index in [9.17, 15) is 0 Å². The Morgan fingerprint density at radius 2 is 2.16 bits per heavy atom. The normalized spacial score (nSPS) is 12.5. The van der Waals surface area contributed by atoms with E-state index < -0.39 is 0 Å². The summed E-state index contributed by atoms with van der Waals surface area (Å²) in [6.07, 6.45) is 3.00. The predicted molar refractivity (Wildman–Crippen MR) is 79.7 cm³/mol. The molecule has 1 unspecified atom stereocenters. The molecule has 1 N–H and O–H groups in total. The Bertz CT molecular complexity index is 444. The van der Waals surface area contributed by atoms with E-state index in [1.807, 2.05) is 11.7 Å². The second-order valence-electron chi connectivity index (χ2n) is 4.48. The highest BCUT2D eigenvalue weighted by Crippen LogP contribution is 2.22. The van der Waals surface area contributed by atoms with Crippen LogP contribution in [0.4, 0.5) is 0 Å². The molecule has 102 valence electrons. The van der Waals surface area contributed by atoms with Crippen LogP contribution in [0.25, 0.3) is 0 Å². The molecule has 0 bridgehead atoms. The van der Waals surface area contributed by atoms with Gasteiger partial charge in [-0.1, -0.05) is 30.3 Å². The smallest absolute Gasteiger partial charge is 0.0794 e. The second-order valence-corrected chi connectivity index (χ2v) is 5.45. The number of aromatic nitrogens is 1. The maximum absolute atomic E-state index is 5.06. The minimum Gasteiger partial charge on any atom is -0.383 e. The lowest BCUT2D eigenvalue weighted by Crippen LogP contribution is -2.26. The highest BCUT2D eigenvalue weighted by molar-refractivity contribution is 7.09. The Morgan fingerprint density at radius 1 is 1.32 bits per heavy atom. The first kappa shape index (κ1) is 14.2. The first-order chi connectivity index (χ1) is 9.40. The van der Waals surface area contributed by atoms with E-state index in [1.54, 1.807) is 18.4 Å². The monoisotopic (exact) mass is 276 g/mol. The third-order valence-corrected chi connectivity index (χ3v) is 3.88. The maximum atomic E-state index is 5.06. The van der Waals surface area contributed by atoms with Crippen molar-refractivity contribution in [1.82, 2.24) is 10.3 Å². The van der Waals surface area contributed by atoms with Crippen molar-refractivity contribution in [3.63, 3.8) is 0 Å². The summed E-state index contributed by atoms with van der Waals surface area (Å²) in [7, 11) is 1.73. The molecule has 0 aliphatic rings. The lowest BCUT2D eigenvalue weighted by Gasteiger charge is -2.17. The Balaban J connectivity index is 1.96. The minimum atomic E-state index is 0.485. The molecular formula is C15H20N2OS. The summed E-state index contributed by atoms with van der Waals surface area (Å²) >= 11 is 1.73. The van der Waals surface area contributed by atoms with E-state index in [-0.39, 0.29) is 0 Å². The summed E-state index contributed by atoms with van der Waals surface area (Å²) in [5.41, 5.74) is 3.27. The van der Waals surface area contributed by atoms with E-state index >= 15 is 0 Å². The van der Waals surface area contributed by atoms with Crippen molar-refractivity contribution in [2.24, 2.45) is 0 Å². The van der Waals surface area contributed by atoms with Gasteiger partial charge in [0, 0.05) is 37.2 Å². The van der Waals surface area contributed by atoms with Gasteiger partial charge in [-0.15, -0.1) is 11.3 Å². The molecule has 0 saturated heterocycles. The van der Waals surface area contributed by atoms with Crippen LogP contribution >= 0.6 is 11.3 Å². The van der Waals surface area contributed by atoms with Crippen molar-refractivity contribution in [3.05, 3.63) is 52.5 Å². The molecule has 1 aromatic carbocycles. The number of nitrogens with one attached hydrogen (secondary N) is 1. The topological polar surface area (TPSA) is 34.1 Å². The number of benzene rings is 1. The van der Waals surface area contributed by atoms with Crippen molar-refractivity contribution in [3.8, 4) is 0 Å². The molecule has 0 radical (unpaired) electrons. The Morgan fingerprint density at radius 3 is 2.84 bits per heavy atom. The number of hydrogen-bond donors (Lipinski definition) is 1. The van der Waals surface area contributed by atoms with Crippen molar-refractivity contribution in [2.75, 3.05) is 26.8 Å². The highest BCUT2D eigenvalue weighted by atomic mass is 32.1. The Labute approximate surface area is 118 Å². The van der Waals surface area contributed by atoms with Gasteiger partial charge in [0.05, 0.1) is 12.1 Å². The summed E-state index contributed by atoms with van der Waals surface area (Å²) in [5, 5.41) is 3.46. The molecule has 0 aliphatic carbocycles. The Kier molecular flexibility index (Phi) is 6.01. The van der Waals surface area contributed by atoms with Crippen molar-refractivity contribution in [1.29, 1.82) is 0 Å². The molecule has 0 spiro atoms. The number of rotatable bonds is 8. The second kappa shape index (κ2) is 8.04. The van der Waals surface area contributed by atoms with Crippen molar-refractivity contribution >= 4 is 11.3 Å².